The third-order valence-electron chi connectivity index (χ3n) is 3.67. The lowest BCUT2D eigenvalue weighted by Gasteiger charge is -2.22. The van der Waals surface area contributed by atoms with Crippen molar-refractivity contribution < 1.29 is 4.74 Å². The van der Waals surface area contributed by atoms with E-state index in [0.29, 0.717) is 13.2 Å². The van der Waals surface area contributed by atoms with Gasteiger partial charge in [-0.1, -0.05) is 54.6 Å². The Morgan fingerprint density at radius 1 is 1.09 bits per heavy atom. The van der Waals surface area contributed by atoms with Gasteiger partial charge in [0.2, 0.25) is 0 Å². The van der Waals surface area contributed by atoms with Crippen molar-refractivity contribution in [1.82, 2.24) is 4.90 Å². The summed E-state index contributed by atoms with van der Waals surface area (Å²) in [6.07, 6.45) is -0.0714. The van der Waals surface area contributed by atoms with E-state index in [-0.39, 0.29) is 6.10 Å². The van der Waals surface area contributed by atoms with Crippen molar-refractivity contribution in [3.63, 3.8) is 0 Å². The second-order valence-electron chi connectivity index (χ2n) is 5.41. The summed E-state index contributed by atoms with van der Waals surface area (Å²) in [5.74, 6) is 0. The Balaban J connectivity index is 2.14. The lowest BCUT2D eigenvalue weighted by Crippen LogP contribution is -2.24. The molecule has 2 aromatic carbocycles. The maximum Gasteiger partial charge on any atom is 0.108 e. The van der Waals surface area contributed by atoms with Crippen LogP contribution in [0.1, 0.15) is 22.8 Å². The van der Waals surface area contributed by atoms with Gasteiger partial charge in [-0.25, -0.2) is 0 Å². The van der Waals surface area contributed by atoms with Gasteiger partial charge in [0.1, 0.15) is 6.10 Å². The van der Waals surface area contributed by atoms with Crippen molar-refractivity contribution in [1.29, 1.82) is 5.26 Å². The first-order chi connectivity index (χ1) is 10.7. The van der Waals surface area contributed by atoms with E-state index in [1.165, 1.54) is 11.1 Å². The van der Waals surface area contributed by atoms with E-state index >= 15 is 0 Å². The second-order valence-corrected chi connectivity index (χ2v) is 5.41. The Hall–Kier alpha value is -2.15. The fourth-order valence-corrected chi connectivity index (χ4v) is 2.40. The average molecular weight is 294 g/mol. The largest absolute Gasteiger partial charge is 0.367 e. The molecule has 3 nitrogen and oxygen atoms in total. The number of hydrogen-bond acceptors (Lipinski definition) is 3. The van der Waals surface area contributed by atoms with Crippen LogP contribution >= 0.6 is 0 Å². The van der Waals surface area contributed by atoms with Crippen LogP contribution in [0.5, 0.6) is 0 Å². The summed E-state index contributed by atoms with van der Waals surface area (Å²) < 4.78 is 6.16. The highest BCUT2D eigenvalue weighted by molar-refractivity contribution is 5.35. The summed E-state index contributed by atoms with van der Waals surface area (Å²) in [7, 11) is 1.93. The van der Waals surface area contributed by atoms with Crippen LogP contribution in [0.15, 0.2) is 54.6 Å². The first kappa shape index (κ1) is 16.2. The Morgan fingerprint density at radius 3 is 2.45 bits per heavy atom. The monoisotopic (exact) mass is 294 g/mol. The Labute approximate surface area is 132 Å². The van der Waals surface area contributed by atoms with Crippen LogP contribution in [0.2, 0.25) is 0 Å². The van der Waals surface area contributed by atoms with Crippen LogP contribution < -0.4 is 0 Å². The van der Waals surface area contributed by atoms with Crippen molar-refractivity contribution in [3.05, 3.63) is 71.3 Å². The molecule has 2 aromatic rings. The van der Waals surface area contributed by atoms with Gasteiger partial charge in [0.15, 0.2) is 0 Å². The van der Waals surface area contributed by atoms with Gasteiger partial charge in [0, 0.05) is 6.54 Å². The maximum absolute atomic E-state index is 8.71. The van der Waals surface area contributed by atoms with E-state index in [2.05, 4.69) is 37.3 Å². The van der Waals surface area contributed by atoms with E-state index in [9.17, 15) is 0 Å². The zero-order chi connectivity index (χ0) is 15.8. The van der Waals surface area contributed by atoms with Gasteiger partial charge in [-0.05, 0) is 30.7 Å². The summed E-state index contributed by atoms with van der Waals surface area (Å²) in [6, 6.07) is 20.7. The van der Waals surface area contributed by atoms with E-state index in [1.807, 2.05) is 42.3 Å². The summed E-state index contributed by atoms with van der Waals surface area (Å²) in [5, 5.41) is 8.71. The van der Waals surface area contributed by atoms with Crippen molar-refractivity contribution in [2.45, 2.75) is 13.0 Å². The Morgan fingerprint density at radius 2 is 1.77 bits per heavy atom. The Bertz CT molecular complexity index is 619. The van der Waals surface area contributed by atoms with Gasteiger partial charge in [0.05, 0.1) is 19.2 Å². The number of hydrogen-bond donors (Lipinski definition) is 0. The molecule has 0 unspecified atom stereocenters. The molecule has 0 N–H and O–H groups in total. The molecular formula is C19H22N2O. The van der Waals surface area contributed by atoms with Crippen molar-refractivity contribution >= 4 is 0 Å². The van der Waals surface area contributed by atoms with E-state index in [4.69, 9.17) is 10.00 Å². The number of rotatable bonds is 7. The maximum atomic E-state index is 8.71. The molecule has 22 heavy (non-hydrogen) atoms. The van der Waals surface area contributed by atoms with Gasteiger partial charge in [-0.2, -0.15) is 5.26 Å². The molecule has 0 aromatic heterocycles. The predicted molar refractivity (Wildman–Crippen MR) is 88.5 cm³/mol. The molecule has 0 amide bonds. The van der Waals surface area contributed by atoms with Crippen LogP contribution in [0.3, 0.4) is 0 Å². The number of ether oxygens (including phenoxy) is 1. The Kier molecular flexibility index (Phi) is 6.14. The predicted octanol–water partition coefficient (Wildman–Crippen LogP) is 3.56. The fraction of sp³-hybridized carbons (Fsp3) is 0.316. The minimum Gasteiger partial charge on any atom is -0.367 e. The lowest BCUT2D eigenvalue weighted by atomic mass is 9.97. The molecule has 0 aliphatic rings. The number of benzene rings is 2. The third kappa shape index (κ3) is 4.42. The lowest BCUT2D eigenvalue weighted by molar-refractivity contribution is 0.0665. The minimum absolute atomic E-state index is 0.0714. The molecule has 1 atom stereocenters. The molecule has 0 radical (unpaired) electrons. The van der Waals surface area contributed by atoms with Crippen LogP contribution in [0.4, 0.5) is 0 Å². The van der Waals surface area contributed by atoms with Crippen LogP contribution in [0, 0.1) is 18.3 Å². The SMILES string of the molecule is Cc1ccccc1[C@@H](OCCN(C)CC#N)c1ccccc1. The quantitative estimate of drug-likeness (QED) is 0.733. The second kappa shape index (κ2) is 8.33. The molecule has 0 aliphatic carbocycles. The van der Waals surface area contributed by atoms with Crippen LogP contribution in [0.25, 0.3) is 0 Å². The first-order valence-corrected chi connectivity index (χ1v) is 7.50. The molecule has 0 saturated heterocycles. The molecule has 114 valence electrons. The minimum atomic E-state index is -0.0714. The molecule has 0 spiro atoms. The van der Waals surface area contributed by atoms with E-state index < -0.39 is 0 Å². The molecule has 0 fully saturated rings. The molecule has 0 aliphatic heterocycles. The number of nitriles is 1. The molecule has 3 heteroatoms. The smallest absolute Gasteiger partial charge is 0.108 e. The highest BCUT2D eigenvalue weighted by atomic mass is 16.5. The summed E-state index contributed by atoms with van der Waals surface area (Å²) in [6.45, 7) is 3.86. The van der Waals surface area contributed by atoms with E-state index in [0.717, 1.165) is 12.1 Å². The van der Waals surface area contributed by atoms with Gasteiger partial charge in [0.25, 0.3) is 0 Å². The topological polar surface area (TPSA) is 36.3 Å². The molecule has 0 bridgehead atoms. The standard InChI is InChI=1S/C19H22N2O/c1-16-8-6-7-11-18(16)19(17-9-4-3-5-10-17)22-15-14-21(2)13-12-20/h3-11,19H,13-15H2,1-2H3/t19-/m0/s1. The third-order valence-corrected chi connectivity index (χ3v) is 3.67. The highest BCUT2D eigenvalue weighted by Gasteiger charge is 2.16. The van der Waals surface area contributed by atoms with Crippen molar-refractivity contribution in [3.8, 4) is 6.07 Å². The fourth-order valence-electron chi connectivity index (χ4n) is 2.40. The summed E-state index contributed by atoms with van der Waals surface area (Å²) in [5.41, 5.74) is 3.57. The average Bonchev–Trinajstić information content (AvgIpc) is 2.54. The molecule has 0 saturated carbocycles. The first-order valence-electron chi connectivity index (χ1n) is 7.50. The number of nitrogens with zero attached hydrogens (tertiary/aromatic N) is 2. The number of likely N-dealkylation sites (N-methyl/N-ethyl adjacent to an activating group) is 1. The van der Waals surface area contributed by atoms with Crippen LogP contribution in [-0.2, 0) is 4.74 Å². The van der Waals surface area contributed by atoms with Crippen molar-refractivity contribution in [2.24, 2.45) is 0 Å². The summed E-state index contributed by atoms with van der Waals surface area (Å²) in [4.78, 5) is 1.96. The van der Waals surface area contributed by atoms with Gasteiger partial charge in [-0.15, -0.1) is 0 Å². The van der Waals surface area contributed by atoms with Gasteiger partial charge >= 0.3 is 0 Å². The molecular weight excluding hydrogens is 272 g/mol. The van der Waals surface area contributed by atoms with Crippen LogP contribution in [-0.4, -0.2) is 31.6 Å². The normalized spacial score (nSPS) is 12.1. The number of aryl methyl sites for hydroxylation is 1. The molecule has 0 heterocycles. The highest BCUT2D eigenvalue weighted by Crippen LogP contribution is 2.28. The van der Waals surface area contributed by atoms with Crippen molar-refractivity contribution in [2.75, 3.05) is 26.7 Å². The van der Waals surface area contributed by atoms with Gasteiger partial charge < -0.3 is 4.74 Å². The summed E-state index contributed by atoms with van der Waals surface area (Å²) >= 11 is 0. The van der Waals surface area contributed by atoms with Gasteiger partial charge in [-0.3, -0.25) is 4.90 Å². The van der Waals surface area contributed by atoms with E-state index in [1.54, 1.807) is 0 Å². The molecule has 2 rings (SSSR count). The zero-order valence-corrected chi connectivity index (χ0v) is 13.2. The zero-order valence-electron chi connectivity index (χ0n) is 13.2.